The Labute approximate surface area is 160 Å². The summed E-state index contributed by atoms with van der Waals surface area (Å²) in [6, 6.07) is 5.73. The van der Waals surface area contributed by atoms with E-state index in [1.54, 1.807) is 30.6 Å². The second-order valence-corrected chi connectivity index (χ2v) is 5.90. The van der Waals surface area contributed by atoms with Crippen LogP contribution in [-0.2, 0) is 4.79 Å². The maximum absolute atomic E-state index is 12.6. The lowest BCUT2D eigenvalue weighted by molar-refractivity contribution is -0.120. The third-order valence-electron chi connectivity index (χ3n) is 4.13. The topological polar surface area (TPSA) is 143 Å². The molecule has 9 heteroatoms. The molecule has 0 aliphatic carbocycles. The van der Waals surface area contributed by atoms with Gasteiger partial charge < -0.3 is 20.9 Å². The Hall–Kier alpha value is -3.72. The number of hydrogen-bond donors (Lipinski definition) is 4. The molecule has 2 heterocycles. The second-order valence-electron chi connectivity index (χ2n) is 5.90. The van der Waals surface area contributed by atoms with Gasteiger partial charge in [-0.25, -0.2) is 0 Å². The highest BCUT2D eigenvalue weighted by Gasteiger charge is 2.23. The molecule has 0 saturated heterocycles. The third kappa shape index (κ3) is 3.84. The number of carbonyl (C=O) groups is 2. The third-order valence-corrected chi connectivity index (χ3v) is 4.13. The molecule has 0 bridgehead atoms. The van der Waals surface area contributed by atoms with E-state index >= 15 is 0 Å². The molecule has 0 spiro atoms. The molecular weight excluding hydrogens is 362 g/mol. The minimum Gasteiger partial charge on any atom is -0.495 e. The van der Waals surface area contributed by atoms with E-state index in [9.17, 15) is 14.7 Å². The van der Waals surface area contributed by atoms with E-state index in [1.165, 1.54) is 7.11 Å². The summed E-state index contributed by atoms with van der Waals surface area (Å²) in [5, 5.41) is 19.4. The molecule has 3 aromatic rings. The largest absolute Gasteiger partial charge is 0.495 e. The number of nitrogens with one attached hydrogen (secondary N) is 2. The molecule has 9 nitrogen and oxygen atoms in total. The van der Waals surface area contributed by atoms with Crippen LogP contribution in [-0.4, -0.2) is 51.9 Å². The molecule has 5 N–H and O–H groups in total. The number of H-pyrrole nitrogens is 1. The van der Waals surface area contributed by atoms with Crippen molar-refractivity contribution in [3.05, 3.63) is 53.5 Å². The lowest BCUT2D eigenvalue weighted by Crippen LogP contribution is -2.46. The van der Waals surface area contributed by atoms with Gasteiger partial charge in [-0.15, -0.1) is 0 Å². The van der Waals surface area contributed by atoms with Crippen LogP contribution in [0, 0.1) is 0 Å². The van der Waals surface area contributed by atoms with E-state index in [1.807, 2.05) is 18.2 Å². The van der Waals surface area contributed by atoms with Gasteiger partial charge in [0.2, 0.25) is 5.91 Å². The standard InChI is InChI=1S/C19H19N5O4/c1-28-17-12(19(27)22-15(10-25)18(20)26)3-5-14-16(17)13(23-24-14)4-2-11-6-8-21-9-7-11/h2-9,15,25H,10H2,1H3,(H2,20,26)(H,22,27)(H,23,24). The Kier molecular flexibility index (Phi) is 5.66. The van der Waals surface area contributed by atoms with Gasteiger partial charge >= 0.3 is 0 Å². The molecule has 0 aliphatic heterocycles. The summed E-state index contributed by atoms with van der Waals surface area (Å²) in [4.78, 5) is 27.8. The highest BCUT2D eigenvalue weighted by atomic mass is 16.5. The molecule has 2 aromatic heterocycles. The van der Waals surface area contributed by atoms with Crippen molar-refractivity contribution in [2.75, 3.05) is 13.7 Å². The number of ether oxygens (including phenoxy) is 1. The first-order valence-corrected chi connectivity index (χ1v) is 8.39. The van der Waals surface area contributed by atoms with Gasteiger partial charge in [0.05, 0.1) is 35.9 Å². The van der Waals surface area contributed by atoms with Crippen molar-refractivity contribution in [2.24, 2.45) is 5.73 Å². The van der Waals surface area contributed by atoms with Crippen LogP contribution >= 0.6 is 0 Å². The minimum atomic E-state index is -1.19. The molecule has 0 saturated carbocycles. The summed E-state index contributed by atoms with van der Waals surface area (Å²) in [7, 11) is 1.44. The number of primary amides is 1. The van der Waals surface area contributed by atoms with Crippen molar-refractivity contribution in [2.45, 2.75) is 6.04 Å². The number of methoxy groups -OCH3 is 1. The number of nitrogens with two attached hydrogens (primary N) is 1. The molecule has 0 radical (unpaired) electrons. The first kappa shape index (κ1) is 19.1. The van der Waals surface area contributed by atoms with E-state index in [0.29, 0.717) is 22.3 Å². The fraction of sp³-hybridized carbons (Fsp3) is 0.158. The number of hydrogen-bond acceptors (Lipinski definition) is 6. The quantitative estimate of drug-likeness (QED) is 0.475. The Bertz CT molecular complexity index is 1030. The van der Waals surface area contributed by atoms with E-state index in [2.05, 4.69) is 20.5 Å². The van der Waals surface area contributed by atoms with E-state index in [-0.39, 0.29) is 5.56 Å². The molecule has 1 atom stereocenters. The van der Waals surface area contributed by atoms with Gasteiger partial charge in [0.15, 0.2) is 0 Å². The number of fused-ring (bicyclic) bond motifs is 1. The summed E-state index contributed by atoms with van der Waals surface area (Å²) in [6.45, 7) is -0.600. The highest BCUT2D eigenvalue weighted by Crippen LogP contribution is 2.32. The maximum atomic E-state index is 12.6. The number of aromatic nitrogens is 3. The molecular formula is C19H19N5O4. The number of carbonyl (C=O) groups excluding carboxylic acids is 2. The van der Waals surface area contributed by atoms with Crippen LogP contribution in [0.15, 0.2) is 36.7 Å². The zero-order valence-electron chi connectivity index (χ0n) is 15.0. The molecule has 1 unspecified atom stereocenters. The number of pyridine rings is 1. The first-order chi connectivity index (χ1) is 13.5. The predicted octanol–water partition coefficient (Wildman–Crippen LogP) is 0.713. The van der Waals surface area contributed by atoms with Crippen LogP contribution in [0.25, 0.3) is 23.1 Å². The molecule has 1 aromatic carbocycles. The fourth-order valence-electron chi connectivity index (χ4n) is 2.71. The number of aromatic amines is 1. The summed E-state index contributed by atoms with van der Waals surface area (Å²) in [6.07, 6.45) is 7.01. The Balaban J connectivity index is 2.00. The second kappa shape index (κ2) is 8.31. The van der Waals surface area contributed by atoms with E-state index in [4.69, 9.17) is 10.5 Å². The van der Waals surface area contributed by atoms with Crippen molar-refractivity contribution in [3.63, 3.8) is 0 Å². The van der Waals surface area contributed by atoms with Gasteiger partial charge in [-0.05, 0) is 35.9 Å². The first-order valence-electron chi connectivity index (χ1n) is 8.39. The zero-order chi connectivity index (χ0) is 20.1. The Morgan fingerprint density at radius 2 is 2.04 bits per heavy atom. The fourth-order valence-corrected chi connectivity index (χ4v) is 2.71. The number of benzene rings is 1. The number of aliphatic hydroxyl groups excluding tert-OH is 1. The van der Waals surface area contributed by atoms with Crippen molar-refractivity contribution in [1.29, 1.82) is 0 Å². The smallest absolute Gasteiger partial charge is 0.255 e. The lowest BCUT2D eigenvalue weighted by atomic mass is 10.1. The van der Waals surface area contributed by atoms with E-state index in [0.717, 1.165) is 5.56 Å². The monoisotopic (exact) mass is 381 g/mol. The number of rotatable bonds is 7. The van der Waals surface area contributed by atoms with Gasteiger partial charge in [-0.1, -0.05) is 6.08 Å². The van der Waals surface area contributed by atoms with Crippen molar-refractivity contribution in [1.82, 2.24) is 20.5 Å². The van der Waals surface area contributed by atoms with Crippen LogP contribution in [0.4, 0.5) is 0 Å². The van der Waals surface area contributed by atoms with Crippen LogP contribution in [0.2, 0.25) is 0 Å². The summed E-state index contributed by atoms with van der Waals surface area (Å²) < 4.78 is 5.46. The highest BCUT2D eigenvalue weighted by molar-refractivity contribution is 6.06. The van der Waals surface area contributed by atoms with Gasteiger partial charge in [0, 0.05) is 12.4 Å². The average molecular weight is 381 g/mol. The summed E-state index contributed by atoms with van der Waals surface area (Å²) in [5.41, 5.74) is 7.54. The van der Waals surface area contributed by atoms with Gasteiger partial charge in [-0.2, -0.15) is 5.10 Å². The summed E-state index contributed by atoms with van der Waals surface area (Å²) in [5.74, 6) is -1.14. The van der Waals surface area contributed by atoms with Crippen molar-refractivity contribution in [3.8, 4) is 5.75 Å². The van der Waals surface area contributed by atoms with Crippen molar-refractivity contribution < 1.29 is 19.4 Å². The number of nitrogens with zero attached hydrogens (tertiary/aromatic N) is 2. The van der Waals surface area contributed by atoms with Gasteiger partial charge in [-0.3, -0.25) is 19.7 Å². The van der Waals surface area contributed by atoms with Gasteiger partial charge in [0.1, 0.15) is 11.8 Å². The van der Waals surface area contributed by atoms with Gasteiger partial charge in [0.25, 0.3) is 5.91 Å². The number of aliphatic hydroxyl groups is 1. The molecule has 28 heavy (non-hydrogen) atoms. The maximum Gasteiger partial charge on any atom is 0.255 e. The number of amides is 2. The molecule has 144 valence electrons. The van der Waals surface area contributed by atoms with Crippen LogP contribution in [0.5, 0.6) is 5.75 Å². The van der Waals surface area contributed by atoms with Crippen LogP contribution in [0.3, 0.4) is 0 Å². The summed E-state index contributed by atoms with van der Waals surface area (Å²) >= 11 is 0. The normalized spacial score (nSPS) is 12.2. The lowest BCUT2D eigenvalue weighted by Gasteiger charge is -2.15. The average Bonchev–Trinajstić information content (AvgIpc) is 3.13. The molecule has 3 rings (SSSR count). The molecule has 0 fully saturated rings. The molecule has 2 amide bonds. The van der Waals surface area contributed by atoms with Crippen LogP contribution in [0.1, 0.15) is 21.6 Å². The zero-order valence-corrected chi connectivity index (χ0v) is 15.0. The van der Waals surface area contributed by atoms with Crippen LogP contribution < -0.4 is 15.8 Å². The Morgan fingerprint density at radius 1 is 1.29 bits per heavy atom. The Morgan fingerprint density at radius 3 is 2.68 bits per heavy atom. The van der Waals surface area contributed by atoms with E-state index < -0.39 is 24.5 Å². The molecule has 0 aliphatic rings. The van der Waals surface area contributed by atoms with Crippen molar-refractivity contribution >= 4 is 34.9 Å². The predicted molar refractivity (Wildman–Crippen MR) is 103 cm³/mol. The SMILES string of the molecule is COc1c(C(=O)NC(CO)C(N)=O)ccc2[nH]nc(C=Cc3ccncc3)c12. The minimum absolute atomic E-state index is 0.190.